The van der Waals surface area contributed by atoms with Crippen LogP contribution in [0.1, 0.15) is 108 Å². The molecule has 2 aromatic carbocycles. The predicted octanol–water partition coefficient (Wildman–Crippen LogP) is 8.92. The Morgan fingerprint density at radius 1 is 0.774 bits per heavy atom. The number of benzene rings is 2. The lowest BCUT2D eigenvalue weighted by atomic mass is 9.91. The maximum absolute atomic E-state index is 5.14. The van der Waals surface area contributed by atoms with Crippen molar-refractivity contribution in [3.05, 3.63) is 70.8 Å². The van der Waals surface area contributed by atoms with E-state index in [-0.39, 0.29) is 0 Å². The molecule has 0 amide bonds. The Hall–Kier alpha value is -2.35. The monoisotopic (exact) mass is 418 g/mol. The molecule has 0 aliphatic rings. The minimum Gasteiger partial charge on any atom is -0.328 e. The normalized spacial score (nSPS) is 12.0. The summed E-state index contributed by atoms with van der Waals surface area (Å²) >= 11 is 0. The van der Waals surface area contributed by atoms with E-state index < -0.39 is 0 Å². The summed E-state index contributed by atoms with van der Waals surface area (Å²) < 4.78 is 0. The summed E-state index contributed by atoms with van der Waals surface area (Å²) in [6.07, 6.45) is 2.05. The molecule has 0 N–H and O–H groups in total. The summed E-state index contributed by atoms with van der Waals surface area (Å²) in [5.74, 6) is 1.72. The molecule has 0 bridgehead atoms. The van der Waals surface area contributed by atoms with Gasteiger partial charge >= 0.3 is 0 Å². The molecule has 168 valence electrons. The van der Waals surface area contributed by atoms with Crippen LogP contribution in [0, 0.1) is 0 Å². The van der Waals surface area contributed by atoms with Gasteiger partial charge in [-0.25, -0.2) is 4.99 Å². The summed E-state index contributed by atoms with van der Waals surface area (Å²) in [6.45, 7) is 25.1. The first-order valence-electron chi connectivity index (χ1n) is 11.7. The molecular formula is C29H42N2. The SMILES string of the molecule is C=C(C)CN(C=Nc1c(C(C)C)cccc1C(C)C)c1c(C(C)C)cccc1C(C)C. The Balaban J connectivity index is 2.70. The lowest BCUT2D eigenvalue weighted by molar-refractivity contribution is 0.824. The van der Waals surface area contributed by atoms with E-state index in [0.717, 1.165) is 17.8 Å². The van der Waals surface area contributed by atoms with Gasteiger partial charge < -0.3 is 4.90 Å². The second-order valence-corrected chi connectivity index (χ2v) is 10.0. The molecule has 2 heteroatoms. The van der Waals surface area contributed by atoms with Crippen LogP contribution in [0.15, 0.2) is 53.5 Å². The molecular weight excluding hydrogens is 376 g/mol. The summed E-state index contributed by atoms with van der Waals surface area (Å²) in [4.78, 5) is 7.45. The number of aliphatic imine (C=N–C) groups is 1. The first kappa shape index (κ1) is 24.9. The fourth-order valence-electron chi connectivity index (χ4n) is 4.10. The molecule has 0 spiro atoms. The highest BCUT2D eigenvalue weighted by atomic mass is 15.2. The van der Waals surface area contributed by atoms with Crippen molar-refractivity contribution in [2.75, 3.05) is 11.4 Å². The smallest absolute Gasteiger partial charge is 0.0960 e. The quantitative estimate of drug-likeness (QED) is 0.225. The van der Waals surface area contributed by atoms with Crippen LogP contribution in [0.4, 0.5) is 11.4 Å². The molecule has 2 aromatic rings. The summed E-state index contributed by atoms with van der Waals surface area (Å²) in [5, 5.41) is 0. The van der Waals surface area contributed by atoms with E-state index in [2.05, 4.69) is 117 Å². The highest BCUT2D eigenvalue weighted by molar-refractivity contribution is 5.86. The minimum absolute atomic E-state index is 0.426. The molecule has 0 aliphatic carbocycles. The maximum atomic E-state index is 5.14. The Bertz CT molecular complexity index is 864. The third-order valence-electron chi connectivity index (χ3n) is 5.74. The Kier molecular flexibility index (Phi) is 8.68. The number of anilines is 1. The van der Waals surface area contributed by atoms with Crippen molar-refractivity contribution in [3.8, 4) is 0 Å². The molecule has 0 saturated heterocycles. The van der Waals surface area contributed by atoms with Crippen LogP contribution < -0.4 is 4.90 Å². The van der Waals surface area contributed by atoms with Crippen molar-refractivity contribution >= 4 is 17.7 Å². The van der Waals surface area contributed by atoms with Crippen molar-refractivity contribution in [1.82, 2.24) is 0 Å². The van der Waals surface area contributed by atoms with Crippen LogP contribution in [0.25, 0.3) is 0 Å². The lowest BCUT2D eigenvalue weighted by Crippen LogP contribution is -2.26. The molecule has 0 fully saturated rings. The zero-order valence-corrected chi connectivity index (χ0v) is 21.2. The number of rotatable bonds is 9. The Morgan fingerprint density at radius 2 is 1.16 bits per heavy atom. The lowest BCUT2D eigenvalue weighted by Gasteiger charge is -2.29. The second-order valence-electron chi connectivity index (χ2n) is 10.0. The molecule has 2 rings (SSSR count). The van der Waals surface area contributed by atoms with E-state index in [1.54, 1.807) is 0 Å². The minimum atomic E-state index is 0.426. The van der Waals surface area contributed by atoms with Gasteiger partial charge in [0.15, 0.2) is 0 Å². The fourth-order valence-corrected chi connectivity index (χ4v) is 4.10. The van der Waals surface area contributed by atoms with Crippen LogP contribution in [0.5, 0.6) is 0 Å². The van der Waals surface area contributed by atoms with Gasteiger partial charge in [0.2, 0.25) is 0 Å². The van der Waals surface area contributed by atoms with Gasteiger partial charge in [-0.15, -0.1) is 0 Å². The number of hydrogen-bond acceptors (Lipinski definition) is 1. The highest BCUT2D eigenvalue weighted by Gasteiger charge is 2.19. The molecule has 31 heavy (non-hydrogen) atoms. The van der Waals surface area contributed by atoms with E-state index in [9.17, 15) is 0 Å². The van der Waals surface area contributed by atoms with Crippen LogP contribution in [0.2, 0.25) is 0 Å². The van der Waals surface area contributed by atoms with Gasteiger partial charge in [-0.05, 0) is 52.8 Å². The molecule has 0 saturated carbocycles. The first-order chi connectivity index (χ1) is 14.5. The van der Waals surface area contributed by atoms with Crippen LogP contribution >= 0.6 is 0 Å². The topological polar surface area (TPSA) is 15.6 Å². The Labute approximate surface area is 191 Å². The second kappa shape index (κ2) is 10.8. The van der Waals surface area contributed by atoms with Gasteiger partial charge in [0.25, 0.3) is 0 Å². The third kappa shape index (κ3) is 6.09. The van der Waals surface area contributed by atoms with Crippen LogP contribution in [-0.4, -0.2) is 12.9 Å². The van der Waals surface area contributed by atoms with Crippen molar-refractivity contribution in [1.29, 1.82) is 0 Å². The van der Waals surface area contributed by atoms with E-state index in [1.807, 2.05) is 0 Å². The van der Waals surface area contributed by atoms with Gasteiger partial charge in [0.1, 0.15) is 0 Å². The summed E-state index contributed by atoms with van der Waals surface area (Å²) in [7, 11) is 0. The maximum Gasteiger partial charge on any atom is 0.0960 e. The standard InChI is InChI=1S/C29H42N2/c1-19(2)17-31(29-26(22(7)8)15-12-16-27(29)23(9)10)18-30-28-24(20(3)4)13-11-14-25(28)21(5)6/h11-16,18,20-23H,1,17H2,2-10H3. The average molecular weight is 419 g/mol. The van der Waals surface area contributed by atoms with Gasteiger partial charge in [-0.2, -0.15) is 0 Å². The van der Waals surface area contributed by atoms with Gasteiger partial charge in [-0.3, -0.25) is 0 Å². The Morgan fingerprint density at radius 3 is 1.52 bits per heavy atom. The van der Waals surface area contributed by atoms with Gasteiger partial charge in [-0.1, -0.05) is 104 Å². The predicted molar refractivity (Wildman–Crippen MR) is 140 cm³/mol. The van der Waals surface area contributed by atoms with Crippen LogP contribution in [0.3, 0.4) is 0 Å². The van der Waals surface area contributed by atoms with Crippen LogP contribution in [-0.2, 0) is 0 Å². The van der Waals surface area contributed by atoms with Crippen molar-refractivity contribution in [2.24, 2.45) is 4.99 Å². The molecule has 0 atom stereocenters. The molecule has 0 radical (unpaired) electrons. The third-order valence-corrected chi connectivity index (χ3v) is 5.74. The van der Waals surface area contributed by atoms with Gasteiger partial charge in [0, 0.05) is 12.2 Å². The average Bonchev–Trinajstić information content (AvgIpc) is 2.69. The van der Waals surface area contributed by atoms with Crippen molar-refractivity contribution in [2.45, 2.75) is 86.0 Å². The highest BCUT2D eigenvalue weighted by Crippen LogP contribution is 2.37. The van der Waals surface area contributed by atoms with E-state index in [0.29, 0.717) is 23.7 Å². The molecule has 0 aromatic heterocycles. The van der Waals surface area contributed by atoms with E-state index in [1.165, 1.54) is 27.9 Å². The number of hydrogen-bond donors (Lipinski definition) is 0. The van der Waals surface area contributed by atoms with E-state index >= 15 is 0 Å². The molecule has 0 heterocycles. The zero-order valence-electron chi connectivity index (χ0n) is 21.2. The van der Waals surface area contributed by atoms with Crippen molar-refractivity contribution < 1.29 is 0 Å². The van der Waals surface area contributed by atoms with Crippen molar-refractivity contribution in [3.63, 3.8) is 0 Å². The summed E-state index contributed by atoms with van der Waals surface area (Å²) in [5.41, 5.74) is 8.86. The number of para-hydroxylation sites is 2. The fraction of sp³-hybridized carbons (Fsp3) is 0.483. The molecule has 0 aliphatic heterocycles. The zero-order chi connectivity index (χ0) is 23.3. The largest absolute Gasteiger partial charge is 0.328 e. The van der Waals surface area contributed by atoms with E-state index in [4.69, 9.17) is 4.99 Å². The first-order valence-corrected chi connectivity index (χ1v) is 11.7. The van der Waals surface area contributed by atoms with Gasteiger partial charge in [0.05, 0.1) is 12.0 Å². The number of nitrogens with zero attached hydrogens (tertiary/aromatic N) is 2. The molecule has 2 nitrogen and oxygen atoms in total. The summed E-state index contributed by atoms with van der Waals surface area (Å²) in [6, 6.07) is 13.3. The molecule has 0 unspecified atom stereocenters.